The Kier molecular flexibility index (Phi) is 2.52. The van der Waals surface area contributed by atoms with Crippen LogP contribution in [0.25, 0.3) is 43.3 Å². The van der Waals surface area contributed by atoms with E-state index >= 15 is 0 Å². The van der Waals surface area contributed by atoms with E-state index in [-0.39, 0.29) is 0 Å². The third kappa shape index (κ3) is 1.79. The van der Waals surface area contributed by atoms with Gasteiger partial charge in [0.15, 0.2) is 5.13 Å². The predicted octanol–water partition coefficient (Wildman–Crippen LogP) is 5.44. The highest BCUT2D eigenvalue weighted by atomic mass is 32.1. The highest BCUT2D eigenvalue weighted by Crippen LogP contribution is 2.40. The van der Waals surface area contributed by atoms with Crippen LogP contribution in [0.2, 0.25) is 0 Å². The maximum absolute atomic E-state index is 6.18. The normalized spacial score (nSPS) is 11.7. The summed E-state index contributed by atoms with van der Waals surface area (Å²) < 4.78 is 7.27. The van der Waals surface area contributed by atoms with Crippen molar-refractivity contribution in [3.05, 3.63) is 60.7 Å². The zero-order valence-corrected chi connectivity index (χ0v) is 12.9. The Balaban J connectivity index is 1.96. The summed E-state index contributed by atoms with van der Waals surface area (Å²) in [5.41, 5.74) is 10.8. The Morgan fingerprint density at radius 2 is 1.78 bits per heavy atom. The molecular weight excluding hydrogens is 304 g/mol. The van der Waals surface area contributed by atoms with Gasteiger partial charge in [-0.15, -0.1) is 0 Å². The van der Waals surface area contributed by atoms with Crippen molar-refractivity contribution in [3.8, 4) is 11.1 Å². The predicted molar refractivity (Wildman–Crippen MR) is 96.7 cm³/mol. The summed E-state index contributed by atoms with van der Waals surface area (Å²) in [7, 11) is 0. The van der Waals surface area contributed by atoms with E-state index in [2.05, 4.69) is 35.3 Å². The van der Waals surface area contributed by atoms with E-state index in [9.17, 15) is 0 Å². The average molecular weight is 316 g/mol. The van der Waals surface area contributed by atoms with E-state index in [0.717, 1.165) is 43.3 Å². The number of furan rings is 1. The molecule has 0 atom stereocenters. The topological polar surface area (TPSA) is 52.0 Å². The zero-order chi connectivity index (χ0) is 15.4. The summed E-state index contributed by atoms with van der Waals surface area (Å²) in [4.78, 5) is 4.50. The molecule has 0 saturated carbocycles. The lowest BCUT2D eigenvalue weighted by atomic mass is 10.0. The quantitative estimate of drug-likeness (QED) is 0.447. The standard InChI is InChI=1S/C19H12N2OS/c20-19-21-17-15(23-19)10-9-14-16(17)13-8-4-7-12(18(13)22-14)11-5-2-1-3-6-11/h1-10H,(H2,20,21). The first-order valence-corrected chi connectivity index (χ1v) is 8.18. The molecule has 0 fully saturated rings. The Labute approximate surface area is 136 Å². The van der Waals surface area contributed by atoms with Crippen LogP contribution in [-0.4, -0.2) is 4.98 Å². The van der Waals surface area contributed by atoms with Crippen molar-refractivity contribution in [2.24, 2.45) is 0 Å². The molecule has 0 aliphatic heterocycles. The Morgan fingerprint density at radius 3 is 2.65 bits per heavy atom. The monoisotopic (exact) mass is 316 g/mol. The number of anilines is 1. The lowest BCUT2D eigenvalue weighted by Gasteiger charge is -2.01. The van der Waals surface area contributed by atoms with Crippen molar-refractivity contribution in [2.45, 2.75) is 0 Å². The summed E-state index contributed by atoms with van der Waals surface area (Å²) in [6.07, 6.45) is 0. The van der Waals surface area contributed by atoms with E-state index in [0.29, 0.717) is 5.13 Å². The molecule has 0 saturated heterocycles. The summed E-state index contributed by atoms with van der Waals surface area (Å²) >= 11 is 1.50. The SMILES string of the molecule is Nc1nc2c(ccc3oc4c(-c5ccccc5)cccc4c32)s1. The van der Waals surface area contributed by atoms with Crippen molar-refractivity contribution in [1.29, 1.82) is 0 Å². The molecule has 0 amide bonds. The second-order valence-corrected chi connectivity index (χ2v) is 6.55. The molecule has 0 spiro atoms. The van der Waals surface area contributed by atoms with Crippen LogP contribution in [0, 0.1) is 0 Å². The van der Waals surface area contributed by atoms with Gasteiger partial charge in [-0.3, -0.25) is 0 Å². The number of para-hydroxylation sites is 1. The molecule has 110 valence electrons. The van der Waals surface area contributed by atoms with Crippen molar-refractivity contribution in [1.82, 2.24) is 4.98 Å². The van der Waals surface area contributed by atoms with E-state index in [1.54, 1.807) is 0 Å². The fourth-order valence-corrected chi connectivity index (χ4v) is 3.88. The number of nitrogen functional groups attached to an aromatic ring is 1. The van der Waals surface area contributed by atoms with Gasteiger partial charge in [0.05, 0.1) is 15.6 Å². The Bertz CT molecular complexity index is 1170. The Hall–Kier alpha value is -2.85. The van der Waals surface area contributed by atoms with Crippen LogP contribution < -0.4 is 5.73 Å². The molecule has 0 aliphatic carbocycles. The average Bonchev–Trinajstić information content (AvgIpc) is 3.14. The lowest BCUT2D eigenvalue weighted by Crippen LogP contribution is -1.80. The molecule has 4 heteroatoms. The first-order chi connectivity index (χ1) is 11.3. The van der Waals surface area contributed by atoms with Gasteiger partial charge in [-0.1, -0.05) is 59.9 Å². The second-order valence-electron chi connectivity index (χ2n) is 5.49. The maximum atomic E-state index is 6.18. The molecule has 0 unspecified atom stereocenters. The van der Waals surface area contributed by atoms with Gasteiger partial charge < -0.3 is 10.2 Å². The fraction of sp³-hybridized carbons (Fsp3) is 0. The van der Waals surface area contributed by atoms with Crippen molar-refractivity contribution in [3.63, 3.8) is 0 Å². The van der Waals surface area contributed by atoms with E-state index in [4.69, 9.17) is 10.2 Å². The van der Waals surface area contributed by atoms with Crippen molar-refractivity contribution in [2.75, 3.05) is 5.73 Å². The first-order valence-electron chi connectivity index (χ1n) is 7.37. The summed E-state index contributed by atoms with van der Waals surface area (Å²) in [5.74, 6) is 0. The number of fused-ring (bicyclic) bond motifs is 5. The molecule has 3 aromatic carbocycles. The minimum atomic E-state index is 0.584. The van der Waals surface area contributed by atoms with Gasteiger partial charge in [0.1, 0.15) is 11.2 Å². The minimum absolute atomic E-state index is 0.584. The van der Waals surface area contributed by atoms with Gasteiger partial charge in [0, 0.05) is 10.9 Å². The molecule has 5 rings (SSSR count). The van der Waals surface area contributed by atoms with Crippen LogP contribution in [-0.2, 0) is 0 Å². The maximum Gasteiger partial charge on any atom is 0.181 e. The van der Waals surface area contributed by atoms with E-state index in [1.807, 2.05) is 30.3 Å². The van der Waals surface area contributed by atoms with E-state index < -0.39 is 0 Å². The Morgan fingerprint density at radius 1 is 0.913 bits per heavy atom. The van der Waals surface area contributed by atoms with Crippen molar-refractivity contribution >= 4 is 48.6 Å². The molecule has 2 aromatic heterocycles. The van der Waals surface area contributed by atoms with Crippen LogP contribution in [0.1, 0.15) is 0 Å². The number of benzene rings is 3. The van der Waals surface area contributed by atoms with Crippen LogP contribution >= 0.6 is 11.3 Å². The van der Waals surface area contributed by atoms with Gasteiger partial charge in [-0.2, -0.15) is 0 Å². The molecule has 2 heterocycles. The van der Waals surface area contributed by atoms with Gasteiger partial charge in [-0.05, 0) is 17.7 Å². The van der Waals surface area contributed by atoms with Crippen LogP contribution in [0.5, 0.6) is 0 Å². The minimum Gasteiger partial charge on any atom is -0.455 e. The smallest absolute Gasteiger partial charge is 0.181 e. The number of aromatic nitrogens is 1. The molecule has 2 N–H and O–H groups in total. The number of hydrogen-bond donors (Lipinski definition) is 1. The second kappa shape index (κ2) is 4.57. The summed E-state index contributed by atoms with van der Waals surface area (Å²) in [6, 6.07) is 20.6. The molecule has 0 aliphatic rings. The summed E-state index contributed by atoms with van der Waals surface area (Å²) in [5, 5.41) is 2.71. The highest BCUT2D eigenvalue weighted by molar-refractivity contribution is 7.22. The van der Waals surface area contributed by atoms with Crippen LogP contribution in [0.4, 0.5) is 5.13 Å². The van der Waals surface area contributed by atoms with Crippen molar-refractivity contribution < 1.29 is 4.42 Å². The van der Waals surface area contributed by atoms with Crippen LogP contribution in [0.3, 0.4) is 0 Å². The number of nitrogens with two attached hydrogens (primary N) is 1. The van der Waals surface area contributed by atoms with Gasteiger partial charge in [0.2, 0.25) is 0 Å². The number of hydrogen-bond acceptors (Lipinski definition) is 4. The molecule has 23 heavy (non-hydrogen) atoms. The fourth-order valence-electron chi connectivity index (χ4n) is 3.14. The molecule has 5 aromatic rings. The number of thiazole rings is 1. The molecule has 0 radical (unpaired) electrons. The number of rotatable bonds is 1. The van der Waals surface area contributed by atoms with Gasteiger partial charge in [-0.25, -0.2) is 4.98 Å². The molecular formula is C19H12N2OS. The largest absolute Gasteiger partial charge is 0.455 e. The van der Waals surface area contributed by atoms with E-state index in [1.165, 1.54) is 11.3 Å². The van der Waals surface area contributed by atoms with Crippen LogP contribution in [0.15, 0.2) is 65.1 Å². The van der Waals surface area contributed by atoms with Gasteiger partial charge >= 0.3 is 0 Å². The zero-order valence-electron chi connectivity index (χ0n) is 12.1. The molecule has 3 nitrogen and oxygen atoms in total. The third-order valence-corrected chi connectivity index (χ3v) is 4.97. The highest BCUT2D eigenvalue weighted by Gasteiger charge is 2.16. The first kappa shape index (κ1) is 12.7. The third-order valence-electron chi connectivity index (χ3n) is 4.12. The lowest BCUT2D eigenvalue weighted by molar-refractivity contribution is 0.670. The number of nitrogens with zero attached hydrogens (tertiary/aromatic N) is 1. The molecule has 0 bridgehead atoms. The van der Waals surface area contributed by atoms with Gasteiger partial charge in [0.25, 0.3) is 0 Å². The summed E-state index contributed by atoms with van der Waals surface area (Å²) in [6.45, 7) is 0.